The third-order valence-corrected chi connectivity index (χ3v) is 4.61. The molecule has 2 aromatic rings. The van der Waals surface area contributed by atoms with Crippen molar-refractivity contribution < 1.29 is 19.1 Å². The van der Waals surface area contributed by atoms with Gasteiger partial charge in [0.1, 0.15) is 11.4 Å². The lowest BCUT2D eigenvalue weighted by Gasteiger charge is -2.32. The molecule has 0 aromatic heterocycles. The van der Waals surface area contributed by atoms with Crippen molar-refractivity contribution in [3.8, 4) is 5.75 Å². The Balaban J connectivity index is 1.91. The van der Waals surface area contributed by atoms with Crippen LogP contribution in [0.1, 0.15) is 24.5 Å². The first-order valence-corrected chi connectivity index (χ1v) is 8.84. The third-order valence-electron chi connectivity index (χ3n) is 4.61. The molecule has 0 aliphatic rings. The molecule has 2 amide bonds. The molecule has 2 N–H and O–H groups in total. The van der Waals surface area contributed by atoms with Gasteiger partial charge in [-0.1, -0.05) is 49.4 Å². The average Bonchev–Trinajstić information content (AvgIpc) is 2.74. The van der Waals surface area contributed by atoms with Crippen LogP contribution in [-0.2, 0) is 26.5 Å². The SMILES string of the molecule is CCC(CNC(=O)C(=O)NCc1ccc(OC)cc1)(OC)c1ccccc1. The summed E-state index contributed by atoms with van der Waals surface area (Å²) in [5.74, 6) is -0.631. The summed E-state index contributed by atoms with van der Waals surface area (Å²) in [6.45, 7) is 2.45. The number of nitrogens with one attached hydrogen (secondary N) is 2. The molecule has 2 aromatic carbocycles. The normalized spacial score (nSPS) is 12.7. The van der Waals surface area contributed by atoms with Crippen LogP contribution in [0.5, 0.6) is 5.75 Å². The summed E-state index contributed by atoms with van der Waals surface area (Å²) in [4.78, 5) is 24.3. The van der Waals surface area contributed by atoms with Gasteiger partial charge in [-0.2, -0.15) is 0 Å². The van der Waals surface area contributed by atoms with E-state index in [1.807, 2.05) is 49.4 Å². The highest BCUT2D eigenvalue weighted by Gasteiger charge is 2.31. The van der Waals surface area contributed by atoms with Gasteiger partial charge in [-0.15, -0.1) is 0 Å². The van der Waals surface area contributed by atoms with Gasteiger partial charge in [0.15, 0.2) is 0 Å². The van der Waals surface area contributed by atoms with E-state index in [1.165, 1.54) is 0 Å². The van der Waals surface area contributed by atoms with Crippen molar-refractivity contribution in [1.29, 1.82) is 0 Å². The van der Waals surface area contributed by atoms with Crippen molar-refractivity contribution in [1.82, 2.24) is 10.6 Å². The molecule has 0 spiro atoms. The molecule has 0 aliphatic carbocycles. The number of hydrogen-bond donors (Lipinski definition) is 2. The van der Waals surface area contributed by atoms with E-state index in [2.05, 4.69) is 10.6 Å². The van der Waals surface area contributed by atoms with E-state index in [9.17, 15) is 9.59 Å². The van der Waals surface area contributed by atoms with E-state index >= 15 is 0 Å². The standard InChI is InChI=1S/C21H26N2O4/c1-4-21(27-3,17-8-6-5-7-9-17)15-23-20(25)19(24)22-14-16-10-12-18(26-2)13-11-16/h5-13H,4,14-15H2,1-3H3,(H,22,24)(H,23,25). The predicted molar refractivity (Wildman–Crippen MR) is 103 cm³/mol. The fourth-order valence-corrected chi connectivity index (χ4v) is 2.82. The zero-order valence-electron chi connectivity index (χ0n) is 16.0. The molecule has 6 nitrogen and oxygen atoms in total. The molecule has 0 bridgehead atoms. The first-order valence-electron chi connectivity index (χ1n) is 8.84. The summed E-state index contributed by atoms with van der Waals surface area (Å²) in [7, 11) is 3.19. The Morgan fingerprint density at radius 3 is 2.11 bits per heavy atom. The van der Waals surface area contributed by atoms with Gasteiger partial charge in [0, 0.05) is 13.7 Å². The summed E-state index contributed by atoms with van der Waals surface area (Å²) in [5, 5.41) is 5.30. The number of amides is 2. The Hall–Kier alpha value is -2.86. The maximum Gasteiger partial charge on any atom is 0.309 e. The van der Waals surface area contributed by atoms with E-state index < -0.39 is 17.4 Å². The molecule has 1 atom stereocenters. The Labute approximate surface area is 159 Å². The monoisotopic (exact) mass is 370 g/mol. The fourth-order valence-electron chi connectivity index (χ4n) is 2.82. The van der Waals surface area contributed by atoms with Gasteiger partial charge in [-0.3, -0.25) is 9.59 Å². The summed E-state index contributed by atoms with van der Waals surface area (Å²) in [5.41, 5.74) is 1.16. The van der Waals surface area contributed by atoms with Gasteiger partial charge in [0.05, 0.1) is 13.7 Å². The van der Waals surface area contributed by atoms with Crippen molar-refractivity contribution in [3.05, 3.63) is 65.7 Å². The second kappa shape index (κ2) is 9.73. The molecule has 27 heavy (non-hydrogen) atoms. The number of ether oxygens (including phenoxy) is 2. The van der Waals surface area contributed by atoms with Gasteiger partial charge in [0.25, 0.3) is 0 Å². The lowest BCUT2D eigenvalue weighted by Crippen LogP contribution is -2.46. The first-order chi connectivity index (χ1) is 13.0. The summed E-state index contributed by atoms with van der Waals surface area (Å²) < 4.78 is 10.8. The minimum Gasteiger partial charge on any atom is -0.497 e. The van der Waals surface area contributed by atoms with Crippen LogP contribution in [0.3, 0.4) is 0 Å². The zero-order valence-corrected chi connectivity index (χ0v) is 16.0. The molecule has 0 radical (unpaired) electrons. The summed E-state index contributed by atoms with van der Waals surface area (Å²) >= 11 is 0. The molecule has 6 heteroatoms. The number of carbonyl (C=O) groups excluding carboxylic acids is 2. The maximum absolute atomic E-state index is 12.2. The van der Waals surface area contributed by atoms with Crippen molar-refractivity contribution >= 4 is 11.8 Å². The van der Waals surface area contributed by atoms with Crippen LogP contribution in [0, 0.1) is 0 Å². The molecule has 0 fully saturated rings. The molecule has 144 valence electrons. The maximum atomic E-state index is 12.2. The van der Waals surface area contributed by atoms with E-state index in [0.717, 1.165) is 16.9 Å². The Morgan fingerprint density at radius 1 is 0.926 bits per heavy atom. The largest absolute Gasteiger partial charge is 0.497 e. The number of rotatable bonds is 8. The zero-order chi connectivity index (χ0) is 19.7. The molecular formula is C21H26N2O4. The number of methoxy groups -OCH3 is 2. The van der Waals surface area contributed by atoms with Gasteiger partial charge in [-0.25, -0.2) is 0 Å². The van der Waals surface area contributed by atoms with Crippen LogP contribution >= 0.6 is 0 Å². The highest BCUT2D eigenvalue weighted by atomic mass is 16.5. The second-order valence-corrected chi connectivity index (χ2v) is 6.13. The van der Waals surface area contributed by atoms with Crippen molar-refractivity contribution in [2.75, 3.05) is 20.8 Å². The lowest BCUT2D eigenvalue weighted by atomic mass is 9.90. The molecule has 1 unspecified atom stereocenters. The van der Waals surface area contributed by atoms with Gasteiger partial charge < -0.3 is 20.1 Å². The number of hydrogen-bond acceptors (Lipinski definition) is 4. The Kier molecular flexibility index (Phi) is 7.37. The second-order valence-electron chi connectivity index (χ2n) is 6.13. The topological polar surface area (TPSA) is 76.7 Å². The van der Waals surface area contributed by atoms with Gasteiger partial charge in [0.2, 0.25) is 0 Å². The average molecular weight is 370 g/mol. The molecule has 2 rings (SSSR count). The predicted octanol–water partition coefficient (Wildman–Crippen LogP) is 2.38. The fraction of sp³-hybridized carbons (Fsp3) is 0.333. The third kappa shape index (κ3) is 5.31. The van der Waals surface area contributed by atoms with Crippen LogP contribution < -0.4 is 15.4 Å². The minimum atomic E-state index is -0.686. The van der Waals surface area contributed by atoms with Crippen molar-refractivity contribution in [3.63, 3.8) is 0 Å². The number of carbonyl (C=O) groups is 2. The number of benzene rings is 2. The van der Waals surface area contributed by atoms with E-state index in [4.69, 9.17) is 9.47 Å². The van der Waals surface area contributed by atoms with Crippen LogP contribution in [0.15, 0.2) is 54.6 Å². The van der Waals surface area contributed by atoms with Crippen molar-refractivity contribution in [2.24, 2.45) is 0 Å². The Morgan fingerprint density at radius 2 is 1.56 bits per heavy atom. The quantitative estimate of drug-likeness (QED) is 0.700. The van der Waals surface area contributed by atoms with E-state index in [1.54, 1.807) is 26.4 Å². The summed E-state index contributed by atoms with van der Waals surface area (Å²) in [6, 6.07) is 16.9. The van der Waals surface area contributed by atoms with Crippen LogP contribution in [0.4, 0.5) is 0 Å². The molecule has 0 aliphatic heterocycles. The first kappa shape index (κ1) is 20.5. The van der Waals surface area contributed by atoms with E-state index in [0.29, 0.717) is 6.42 Å². The van der Waals surface area contributed by atoms with Gasteiger partial charge >= 0.3 is 11.8 Å². The van der Waals surface area contributed by atoms with Gasteiger partial charge in [-0.05, 0) is 29.7 Å². The lowest BCUT2D eigenvalue weighted by molar-refractivity contribution is -0.140. The van der Waals surface area contributed by atoms with Crippen LogP contribution in [0.25, 0.3) is 0 Å². The molecule has 0 saturated heterocycles. The van der Waals surface area contributed by atoms with E-state index in [-0.39, 0.29) is 13.1 Å². The van der Waals surface area contributed by atoms with Crippen LogP contribution in [-0.4, -0.2) is 32.6 Å². The molecule has 0 heterocycles. The Bertz CT molecular complexity index is 741. The van der Waals surface area contributed by atoms with Crippen LogP contribution in [0.2, 0.25) is 0 Å². The van der Waals surface area contributed by atoms with Crippen molar-refractivity contribution in [2.45, 2.75) is 25.5 Å². The smallest absolute Gasteiger partial charge is 0.309 e. The highest BCUT2D eigenvalue weighted by Crippen LogP contribution is 2.27. The summed E-state index contributed by atoms with van der Waals surface area (Å²) in [6.07, 6.45) is 0.654. The molecular weight excluding hydrogens is 344 g/mol. The molecule has 0 saturated carbocycles. The minimum absolute atomic E-state index is 0.207. The highest BCUT2D eigenvalue weighted by molar-refractivity contribution is 6.35.